The van der Waals surface area contributed by atoms with Crippen molar-refractivity contribution in [2.24, 2.45) is 10.4 Å². The first kappa shape index (κ1) is 20.0. The average molecular weight is 458 g/mol. The van der Waals surface area contributed by atoms with Crippen LogP contribution in [0.1, 0.15) is 19.8 Å². The van der Waals surface area contributed by atoms with Crippen LogP contribution >= 0.6 is 24.0 Å². The summed E-state index contributed by atoms with van der Waals surface area (Å²) in [6.07, 6.45) is 2.25. The van der Waals surface area contributed by atoms with Crippen LogP contribution in [0.15, 0.2) is 35.3 Å². The second-order valence-electron chi connectivity index (χ2n) is 6.56. The van der Waals surface area contributed by atoms with E-state index in [1.165, 1.54) is 0 Å². The van der Waals surface area contributed by atoms with Gasteiger partial charge in [0.25, 0.3) is 0 Å². The van der Waals surface area contributed by atoms with Crippen LogP contribution in [0, 0.1) is 5.41 Å². The van der Waals surface area contributed by atoms with Gasteiger partial charge in [0.15, 0.2) is 5.96 Å². The second-order valence-corrected chi connectivity index (χ2v) is 6.56. The number of likely N-dealkylation sites (tertiary alicyclic amines) is 1. The summed E-state index contributed by atoms with van der Waals surface area (Å²) in [5.41, 5.74) is 1.08. The molecule has 0 aliphatic carbocycles. The Morgan fingerprint density at radius 3 is 2.80 bits per heavy atom. The molecule has 2 saturated heterocycles. The van der Waals surface area contributed by atoms with Gasteiger partial charge in [0.1, 0.15) is 6.54 Å². The van der Waals surface area contributed by atoms with Crippen LogP contribution in [-0.4, -0.2) is 56.2 Å². The first-order valence-electron chi connectivity index (χ1n) is 8.67. The number of anilines is 1. The van der Waals surface area contributed by atoms with Crippen LogP contribution in [-0.2, 0) is 9.53 Å². The first-order valence-corrected chi connectivity index (χ1v) is 8.67. The van der Waals surface area contributed by atoms with Crippen LogP contribution in [0.4, 0.5) is 5.69 Å². The van der Waals surface area contributed by atoms with Gasteiger partial charge in [-0.3, -0.25) is 4.79 Å². The molecule has 25 heavy (non-hydrogen) atoms. The van der Waals surface area contributed by atoms with Gasteiger partial charge in [-0.2, -0.15) is 0 Å². The maximum atomic E-state index is 12.1. The fraction of sp³-hybridized carbons (Fsp3) is 0.556. The van der Waals surface area contributed by atoms with Gasteiger partial charge in [-0.15, -0.1) is 24.0 Å². The summed E-state index contributed by atoms with van der Waals surface area (Å²) in [7, 11) is 0. The molecule has 0 saturated carbocycles. The Morgan fingerprint density at radius 1 is 1.32 bits per heavy atom. The van der Waals surface area contributed by atoms with E-state index in [2.05, 4.69) is 20.5 Å². The largest absolute Gasteiger partial charge is 0.381 e. The molecule has 2 heterocycles. The predicted octanol–water partition coefficient (Wildman–Crippen LogP) is 2.32. The van der Waals surface area contributed by atoms with E-state index in [-0.39, 0.29) is 41.8 Å². The van der Waals surface area contributed by atoms with Crippen LogP contribution in [0.25, 0.3) is 0 Å². The number of hydrogen-bond donors (Lipinski definition) is 2. The lowest BCUT2D eigenvalue weighted by Crippen LogP contribution is -2.42. The summed E-state index contributed by atoms with van der Waals surface area (Å²) < 4.78 is 5.58. The molecule has 1 amide bonds. The van der Waals surface area contributed by atoms with E-state index in [4.69, 9.17) is 4.74 Å². The van der Waals surface area contributed by atoms with Gasteiger partial charge in [0, 0.05) is 37.3 Å². The molecule has 0 bridgehead atoms. The number of aliphatic imine (C=N–C) groups is 1. The van der Waals surface area contributed by atoms with E-state index < -0.39 is 0 Å². The highest BCUT2D eigenvalue weighted by Gasteiger charge is 2.42. The van der Waals surface area contributed by atoms with Crippen molar-refractivity contribution >= 4 is 41.5 Å². The smallest absolute Gasteiger partial charge is 0.246 e. The lowest BCUT2D eigenvalue weighted by molar-refractivity contribution is -0.114. The molecule has 2 aliphatic heterocycles. The summed E-state index contributed by atoms with van der Waals surface area (Å²) in [6.45, 7) is 6.59. The van der Waals surface area contributed by atoms with Gasteiger partial charge in [-0.25, -0.2) is 4.99 Å². The molecule has 1 aromatic rings. The first-order chi connectivity index (χ1) is 11.7. The predicted molar refractivity (Wildman–Crippen MR) is 111 cm³/mol. The van der Waals surface area contributed by atoms with Crippen molar-refractivity contribution in [2.45, 2.75) is 19.8 Å². The molecule has 7 heteroatoms. The molecule has 1 atom stereocenters. The normalized spacial score (nSPS) is 22.8. The van der Waals surface area contributed by atoms with E-state index >= 15 is 0 Å². The number of carbonyl (C=O) groups is 1. The number of nitrogens with one attached hydrogen (secondary N) is 2. The van der Waals surface area contributed by atoms with Gasteiger partial charge >= 0.3 is 0 Å². The highest BCUT2D eigenvalue weighted by atomic mass is 127. The average Bonchev–Trinajstić information content (AvgIpc) is 3.23. The van der Waals surface area contributed by atoms with Crippen molar-refractivity contribution in [1.82, 2.24) is 10.2 Å². The number of ether oxygens (including phenoxy) is 1. The van der Waals surface area contributed by atoms with Crippen molar-refractivity contribution in [3.8, 4) is 0 Å². The molecule has 1 aromatic carbocycles. The third-order valence-corrected chi connectivity index (χ3v) is 4.69. The van der Waals surface area contributed by atoms with Crippen LogP contribution in [0.3, 0.4) is 0 Å². The zero-order chi connectivity index (χ0) is 16.8. The second kappa shape index (κ2) is 9.38. The summed E-state index contributed by atoms with van der Waals surface area (Å²) in [5.74, 6) is 0.721. The maximum Gasteiger partial charge on any atom is 0.246 e. The Morgan fingerprint density at radius 2 is 2.12 bits per heavy atom. The molecule has 2 N–H and O–H groups in total. The van der Waals surface area contributed by atoms with Crippen LogP contribution in [0.2, 0.25) is 0 Å². The number of benzene rings is 1. The van der Waals surface area contributed by atoms with E-state index in [0.717, 1.165) is 57.3 Å². The number of nitrogens with zero attached hydrogens (tertiary/aromatic N) is 2. The molecule has 0 aromatic heterocycles. The molecule has 2 fully saturated rings. The summed E-state index contributed by atoms with van der Waals surface area (Å²) in [6, 6.07) is 9.47. The Hall–Kier alpha value is -1.35. The lowest BCUT2D eigenvalue weighted by Gasteiger charge is -2.24. The fourth-order valence-electron chi connectivity index (χ4n) is 3.38. The zero-order valence-corrected chi connectivity index (χ0v) is 17.0. The minimum absolute atomic E-state index is 0. The monoisotopic (exact) mass is 458 g/mol. The Kier molecular flexibility index (Phi) is 7.49. The van der Waals surface area contributed by atoms with Crippen molar-refractivity contribution in [3.05, 3.63) is 30.3 Å². The van der Waals surface area contributed by atoms with E-state index in [0.29, 0.717) is 0 Å². The molecule has 3 rings (SSSR count). The van der Waals surface area contributed by atoms with Gasteiger partial charge in [0.05, 0.1) is 6.61 Å². The molecule has 1 spiro atoms. The van der Waals surface area contributed by atoms with E-state index in [1.54, 1.807) is 0 Å². The third-order valence-electron chi connectivity index (χ3n) is 4.69. The van der Waals surface area contributed by atoms with Crippen LogP contribution in [0.5, 0.6) is 0 Å². The quantitative estimate of drug-likeness (QED) is 0.413. The van der Waals surface area contributed by atoms with Crippen LogP contribution < -0.4 is 10.6 Å². The number of hydrogen-bond acceptors (Lipinski definition) is 3. The Bertz CT molecular complexity index is 588. The highest BCUT2D eigenvalue weighted by Crippen LogP contribution is 2.38. The minimum Gasteiger partial charge on any atom is -0.381 e. The number of rotatable bonds is 4. The number of guanidine groups is 1. The molecular weight excluding hydrogens is 431 g/mol. The standard InChI is InChI=1S/C18H26N4O2.HI/c1-2-19-17(22-10-8-18(13-22)9-11-24-14-18)20-12-16(23)21-15-6-4-3-5-7-15;/h3-7H,2,8-14H2,1H3,(H,19,20)(H,21,23);1H. The highest BCUT2D eigenvalue weighted by molar-refractivity contribution is 14.0. The van der Waals surface area contributed by atoms with Gasteiger partial charge in [0.2, 0.25) is 5.91 Å². The SMILES string of the molecule is CCNC(=NCC(=O)Nc1ccccc1)N1CCC2(CCOC2)C1.I. The number of para-hydroxylation sites is 1. The molecule has 1 unspecified atom stereocenters. The van der Waals surface area contributed by atoms with Gasteiger partial charge < -0.3 is 20.3 Å². The van der Waals surface area contributed by atoms with Crippen molar-refractivity contribution in [1.29, 1.82) is 0 Å². The minimum atomic E-state index is -0.102. The summed E-state index contributed by atoms with van der Waals surface area (Å²) >= 11 is 0. The summed E-state index contributed by atoms with van der Waals surface area (Å²) in [5, 5.41) is 6.17. The number of carbonyl (C=O) groups excluding carboxylic acids is 1. The molecule has 138 valence electrons. The molecule has 6 nitrogen and oxygen atoms in total. The van der Waals surface area contributed by atoms with Crippen molar-refractivity contribution < 1.29 is 9.53 Å². The van der Waals surface area contributed by atoms with Crippen molar-refractivity contribution in [2.75, 3.05) is 44.7 Å². The topological polar surface area (TPSA) is 66.0 Å². The molecule has 0 radical (unpaired) electrons. The zero-order valence-electron chi connectivity index (χ0n) is 14.7. The third kappa shape index (κ3) is 5.31. The Labute approximate surface area is 166 Å². The number of halogens is 1. The van der Waals surface area contributed by atoms with E-state index in [9.17, 15) is 4.79 Å². The van der Waals surface area contributed by atoms with E-state index in [1.807, 2.05) is 37.3 Å². The van der Waals surface area contributed by atoms with Gasteiger partial charge in [-0.05, 0) is 31.9 Å². The fourth-order valence-corrected chi connectivity index (χ4v) is 3.38. The summed E-state index contributed by atoms with van der Waals surface area (Å²) in [4.78, 5) is 18.9. The molecule has 2 aliphatic rings. The Balaban J connectivity index is 0.00000225. The van der Waals surface area contributed by atoms with Crippen molar-refractivity contribution in [3.63, 3.8) is 0 Å². The molecular formula is C18H27IN4O2. The van der Waals surface area contributed by atoms with Gasteiger partial charge in [-0.1, -0.05) is 18.2 Å². The maximum absolute atomic E-state index is 12.1. The number of amides is 1. The lowest BCUT2D eigenvalue weighted by atomic mass is 9.87.